The largest absolute Gasteiger partial charge is 0.381 e. The monoisotopic (exact) mass is 770 g/mol. The van der Waals surface area contributed by atoms with Crippen LogP contribution in [0, 0.1) is 5.92 Å². The summed E-state index contributed by atoms with van der Waals surface area (Å²) in [6, 6.07) is -1.50. The normalized spacial score (nSPS) is 34.0. The molecule has 0 spiro atoms. The third-order valence-corrected chi connectivity index (χ3v) is 12.0. The summed E-state index contributed by atoms with van der Waals surface area (Å²) in [6.07, 6.45) is 1.55. The summed E-state index contributed by atoms with van der Waals surface area (Å²) in [5.74, 6) is -3.29. The van der Waals surface area contributed by atoms with Gasteiger partial charge in [-0.1, -0.05) is 31.5 Å². The Bertz CT molecular complexity index is 1710. The number of anilines is 1. The van der Waals surface area contributed by atoms with E-state index < -0.39 is 83.5 Å². The molecule has 54 heavy (non-hydrogen) atoms. The van der Waals surface area contributed by atoms with Gasteiger partial charge in [0.15, 0.2) is 0 Å². The van der Waals surface area contributed by atoms with E-state index in [0.717, 1.165) is 0 Å². The predicted molar refractivity (Wildman–Crippen MR) is 195 cm³/mol. The van der Waals surface area contributed by atoms with Crippen LogP contribution in [0.3, 0.4) is 0 Å². The Kier molecular flexibility index (Phi) is 10.6. The third-order valence-electron chi connectivity index (χ3n) is 11.8. The first-order valence-corrected chi connectivity index (χ1v) is 19.5. The minimum atomic E-state index is -1.71. The van der Waals surface area contributed by atoms with Crippen molar-refractivity contribution in [2.24, 2.45) is 5.92 Å². The number of carbonyl (C=O) groups excluding carboxylic acids is 6. The molecule has 6 heterocycles. The van der Waals surface area contributed by atoms with Crippen molar-refractivity contribution in [1.82, 2.24) is 46.4 Å². The van der Waals surface area contributed by atoms with E-state index in [2.05, 4.69) is 26.9 Å². The van der Waals surface area contributed by atoms with E-state index in [1.807, 2.05) is 13.8 Å². The van der Waals surface area contributed by atoms with Crippen LogP contribution in [0.1, 0.15) is 77.7 Å². The minimum Gasteiger partial charge on any atom is -0.381 e. The van der Waals surface area contributed by atoms with Crippen molar-refractivity contribution in [1.29, 1.82) is 0 Å². The van der Waals surface area contributed by atoms with Crippen molar-refractivity contribution in [3.05, 3.63) is 28.8 Å². The Morgan fingerprint density at radius 3 is 1.94 bits per heavy atom. The maximum Gasteiger partial charge on any atom is 0.261 e. The molecule has 6 aliphatic heterocycles. The Labute approximate surface area is 319 Å². The van der Waals surface area contributed by atoms with E-state index in [-0.39, 0.29) is 25.2 Å². The summed E-state index contributed by atoms with van der Waals surface area (Å²) in [5.41, 5.74) is 8.49. The zero-order valence-electron chi connectivity index (χ0n) is 31.1. The quantitative estimate of drug-likeness (QED) is 0.232. The number of benzene rings is 1. The number of carbonyl (C=O) groups is 6. The number of nitrogens with zero attached hydrogens (tertiary/aromatic N) is 5. The van der Waals surface area contributed by atoms with Gasteiger partial charge in [0.2, 0.25) is 17.7 Å². The van der Waals surface area contributed by atoms with E-state index in [9.17, 15) is 33.9 Å². The molecule has 17 nitrogen and oxygen atoms in total. The Hall–Kier alpha value is -4.03. The highest BCUT2D eigenvalue weighted by molar-refractivity contribution is 6.31. The van der Waals surface area contributed by atoms with Gasteiger partial charge < -0.3 is 25.5 Å². The van der Waals surface area contributed by atoms with Gasteiger partial charge in [-0.05, 0) is 69.9 Å². The highest BCUT2D eigenvalue weighted by atomic mass is 35.5. The van der Waals surface area contributed by atoms with Crippen LogP contribution < -0.4 is 26.9 Å². The van der Waals surface area contributed by atoms with E-state index in [1.54, 1.807) is 25.1 Å². The smallest absolute Gasteiger partial charge is 0.261 e. The molecule has 8 atom stereocenters. The van der Waals surface area contributed by atoms with E-state index in [1.165, 1.54) is 31.9 Å². The maximum absolute atomic E-state index is 15.0. The van der Waals surface area contributed by atoms with Crippen LogP contribution in [0.4, 0.5) is 5.69 Å². The highest BCUT2D eigenvalue weighted by Crippen LogP contribution is 2.50. The number of hydrazine groups is 3. The van der Waals surface area contributed by atoms with Gasteiger partial charge in [0.1, 0.15) is 48.0 Å². The van der Waals surface area contributed by atoms with Gasteiger partial charge in [-0.2, -0.15) is 0 Å². The molecule has 7 rings (SSSR count). The van der Waals surface area contributed by atoms with Crippen LogP contribution in [-0.2, 0) is 34.4 Å². The molecule has 5 fully saturated rings. The summed E-state index contributed by atoms with van der Waals surface area (Å²) in [6.45, 7) is 6.63. The lowest BCUT2D eigenvalue weighted by Crippen LogP contribution is -2.69. The molecular weight excluding hydrogens is 720 g/mol. The van der Waals surface area contributed by atoms with Gasteiger partial charge >= 0.3 is 0 Å². The van der Waals surface area contributed by atoms with Gasteiger partial charge in [-0.25, -0.2) is 16.3 Å². The molecule has 294 valence electrons. The molecule has 6 N–H and O–H groups in total. The van der Waals surface area contributed by atoms with Crippen LogP contribution in [0.25, 0.3) is 0 Å². The van der Waals surface area contributed by atoms with Crippen molar-refractivity contribution in [3.63, 3.8) is 0 Å². The molecule has 0 unspecified atom stereocenters. The van der Waals surface area contributed by atoms with Gasteiger partial charge in [0, 0.05) is 49.4 Å². The predicted octanol–water partition coefficient (Wildman–Crippen LogP) is -0.242. The molecule has 6 amide bonds. The van der Waals surface area contributed by atoms with Crippen LogP contribution >= 0.6 is 11.6 Å². The van der Waals surface area contributed by atoms with Crippen molar-refractivity contribution >= 4 is 52.7 Å². The number of rotatable bonds is 2. The third kappa shape index (κ3) is 6.56. The zero-order valence-corrected chi connectivity index (χ0v) is 31.9. The summed E-state index contributed by atoms with van der Waals surface area (Å²) >= 11 is 6.31. The van der Waals surface area contributed by atoms with Gasteiger partial charge in [0.25, 0.3) is 17.7 Å². The summed E-state index contributed by atoms with van der Waals surface area (Å²) in [5, 5.41) is 22.7. The average Bonchev–Trinajstić information content (AvgIpc) is 3.62. The number of aliphatic hydroxyl groups is 1. The fraction of sp³-hybridized carbons (Fsp3) is 0.667. The summed E-state index contributed by atoms with van der Waals surface area (Å²) in [7, 11) is 1.50. The second-order valence-electron chi connectivity index (χ2n) is 15.8. The van der Waals surface area contributed by atoms with Crippen LogP contribution in [0.5, 0.6) is 0 Å². The van der Waals surface area contributed by atoms with E-state index in [0.29, 0.717) is 68.0 Å². The molecule has 0 saturated carbocycles. The standard InChI is InChI=1S/C36H51ClN10O7/c1-19(2)16-24-31(50)46-27(10-7-14-39-46)34(53)47-25(8-5-15-40-47)32(51)43(4)20(3)30(49)45-26(9-6-13-38-45)33(52)44-28(29(48)41-24)18-36(54)22-12-11-21(37)17-23(22)42-35(36)44/h11-12,17,19-20,24-28,35,38-40,42,54H,5-10,13-16,18H2,1-4H3,(H,41,48)/t20-,24-,25+,26+,27-,28-,35-,36+/m0/s1. The Morgan fingerprint density at radius 2 is 1.33 bits per heavy atom. The molecule has 0 aliphatic carbocycles. The van der Waals surface area contributed by atoms with Gasteiger partial charge in [-0.15, -0.1) is 0 Å². The van der Waals surface area contributed by atoms with Crippen LogP contribution in [0.2, 0.25) is 5.02 Å². The number of likely N-dealkylation sites (N-methyl/N-ethyl adjacent to an activating group) is 1. The summed E-state index contributed by atoms with van der Waals surface area (Å²) in [4.78, 5) is 89.6. The zero-order chi connectivity index (χ0) is 38.6. The first kappa shape index (κ1) is 38.3. The summed E-state index contributed by atoms with van der Waals surface area (Å²) < 4.78 is 0. The Balaban J connectivity index is 1.32. The highest BCUT2D eigenvalue weighted by Gasteiger charge is 2.62. The second kappa shape index (κ2) is 14.9. The van der Waals surface area contributed by atoms with Crippen molar-refractivity contribution in [3.8, 4) is 0 Å². The first-order valence-electron chi connectivity index (χ1n) is 19.1. The lowest BCUT2D eigenvalue weighted by Gasteiger charge is -2.44. The van der Waals surface area contributed by atoms with Crippen LogP contribution in [0.15, 0.2) is 18.2 Å². The fourth-order valence-electron chi connectivity index (χ4n) is 8.87. The van der Waals surface area contributed by atoms with Gasteiger partial charge in [-0.3, -0.25) is 43.8 Å². The molecule has 1 aromatic rings. The van der Waals surface area contributed by atoms with Crippen molar-refractivity contribution in [2.45, 2.75) is 120 Å². The Morgan fingerprint density at radius 1 is 0.778 bits per heavy atom. The van der Waals surface area contributed by atoms with E-state index in [4.69, 9.17) is 11.6 Å². The molecular formula is C36H51ClN10O7. The van der Waals surface area contributed by atoms with Crippen molar-refractivity contribution < 1.29 is 33.9 Å². The molecule has 0 radical (unpaired) electrons. The average molecular weight is 771 g/mol. The molecule has 6 aliphatic rings. The van der Waals surface area contributed by atoms with Crippen LogP contribution in [-0.4, -0.2) is 134 Å². The SMILES string of the molecule is CC(C)C[C@@H]1NC(=O)[C@@H]2C[C@@]3(O)c4ccc(Cl)cc4N[C@H]3N2C(=O)[C@H]2CCCNN2C(=O)[C@H](C)N(C)C(=O)[C@H]2CCCNN2C(=O)[C@@H]2CCCNN2C1=O. The van der Waals surface area contributed by atoms with E-state index >= 15 is 0 Å². The molecule has 18 heteroatoms. The first-order chi connectivity index (χ1) is 25.7. The number of hydrogen-bond acceptors (Lipinski definition) is 11. The fourth-order valence-corrected chi connectivity index (χ4v) is 9.05. The number of fused-ring (bicyclic) bond motifs is 8. The molecule has 0 bridgehead atoms. The van der Waals surface area contributed by atoms with Crippen molar-refractivity contribution in [2.75, 3.05) is 32.0 Å². The molecule has 1 aromatic carbocycles. The lowest BCUT2D eigenvalue weighted by molar-refractivity contribution is -0.165. The number of amides is 6. The number of halogens is 1. The maximum atomic E-state index is 15.0. The number of nitrogens with one attached hydrogen (secondary N) is 5. The lowest BCUT2D eigenvalue weighted by atomic mass is 9.91. The molecule has 5 saturated heterocycles. The second-order valence-corrected chi connectivity index (χ2v) is 16.2. The van der Waals surface area contributed by atoms with Gasteiger partial charge in [0.05, 0.1) is 0 Å². The number of hydrogen-bond donors (Lipinski definition) is 6. The minimum absolute atomic E-state index is 0.0598. The molecule has 0 aromatic heterocycles. The topological polar surface area (TPSA) is 199 Å².